The van der Waals surface area contributed by atoms with Crippen LogP contribution in [0.5, 0.6) is 0 Å². The van der Waals surface area contributed by atoms with E-state index in [0.717, 1.165) is 6.33 Å². The van der Waals surface area contributed by atoms with Gasteiger partial charge in [-0.15, -0.1) is 0 Å². The van der Waals surface area contributed by atoms with E-state index in [1.807, 2.05) is 0 Å². The van der Waals surface area contributed by atoms with Gasteiger partial charge in [0.05, 0.1) is 6.33 Å². The quantitative estimate of drug-likeness (QED) is 0.756. The number of para-hydroxylation sites is 1. The number of nitrogens with one attached hydrogen (secondary N) is 2. The molecular weight excluding hydrogens is 271 g/mol. The van der Waals surface area contributed by atoms with Gasteiger partial charge in [0.2, 0.25) is 5.95 Å². The van der Waals surface area contributed by atoms with Crippen LogP contribution in [0.3, 0.4) is 0 Å². The normalized spacial score (nSPS) is 11.8. The van der Waals surface area contributed by atoms with Crippen LogP contribution in [-0.2, 0) is 6.18 Å². The molecule has 0 saturated carbocycles. The van der Waals surface area contributed by atoms with Crippen LogP contribution < -0.4 is 5.32 Å². The third-order valence-electron chi connectivity index (χ3n) is 2.58. The number of hydrogen-bond acceptors (Lipinski definition) is 4. The molecule has 3 rings (SSSR count). The first-order chi connectivity index (χ1) is 9.54. The number of fused-ring (bicyclic) bond motifs is 1. The van der Waals surface area contributed by atoms with Gasteiger partial charge >= 0.3 is 6.18 Å². The minimum atomic E-state index is -4.58. The molecule has 0 saturated heterocycles. The molecule has 0 bridgehead atoms. The van der Waals surface area contributed by atoms with Crippen molar-refractivity contribution in [3.63, 3.8) is 0 Å². The van der Waals surface area contributed by atoms with Crippen molar-refractivity contribution in [3.05, 3.63) is 42.4 Å². The smallest absolute Gasteiger partial charge is 0.341 e. The Kier molecular flexibility index (Phi) is 2.78. The maximum Gasteiger partial charge on any atom is 0.435 e. The van der Waals surface area contributed by atoms with E-state index in [1.54, 1.807) is 30.3 Å². The number of hydrogen-bond donors (Lipinski definition) is 2. The molecule has 0 amide bonds. The van der Waals surface area contributed by atoms with Crippen LogP contribution in [-0.4, -0.2) is 19.9 Å². The highest BCUT2D eigenvalue weighted by atomic mass is 19.4. The molecular formula is C12H8F3N5. The fraction of sp³-hybridized carbons (Fsp3) is 0.0833. The lowest BCUT2D eigenvalue weighted by molar-refractivity contribution is -0.139. The summed E-state index contributed by atoms with van der Waals surface area (Å²) in [6.45, 7) is 0. The molecule has 0 spiro atoms. The summed E-state index contributed by atoms with van der Waals surface area (Å²) in [4.78, 5) is 13.6. The number of aromatic nitrogens is 4. The number of halogens is 3. The maximum atomic E-state index is 12.9. The van der Waals surface area contributed by atoms with E-state index < -0.39 is 11.9 Å². The number of rotatable bonds is 2. The molecule has 20 heavy (non-hydrogen) atoms. The standard InChI is InChI=1S/C12H8F3N5/c13-12(14,15)9-8-10(17-6-16-8)20-11(19-9)18-7-4-2-1-3-5-7/h1-6H,(H2,16,17,18,19,20). The van der Waals surface area contributed by atoms with Crippen molar-refractivity contribution in [2.45, 2.75) is 6.18 Å². The fourth-order valence-electron chi connectivity index (χ4n) is 1.74. The number of alkyl halides is 3. The van der Waals surface area contributed by atoms with Crippen molar-refractivity contribution in [1.29, 1.82) is 0 Å². The molecule has 102 valence electrons. The zero-order valence-corrected chi connectivity index (χ0v) is 9.94. The second kappa shape index (κ2) is 4.48. The van der Waals surface area contributed by atoms with Gasteiger partial charge in [-0.3, -0.25) is 0 Å². The molecule has 2 aromatic heterocycles. The molecule has 2 heterocycles. The summed E-state index contributed by atoms with van der Waals surface area (Å²) in [6.07, 6.45) is -3.43. The topological polar surface area (TPSA) is 66.5 Å². The van der Waals surface area contributed by atoms with E-state index in [1.165, 1.54) is 0 Å². The Hall–Kier alpha value is -2.64. The number of benzene rings is 1. The molecule has 0 atom stereocenters. The predicted octanol–water partition coefficient (Wildman–Crippen LogP) is 3.12. The minimum absolute atomic E-state index is 0.0363. The summed E-state index contributed by atoms with van der Waals surface area (Å²) in [5.41, 5.74) is -0.712. The van der Waals surface area contributed by atoms with Crippen LogP contribution in [0.2, 0.25) is 0 Å². The van der Waals surface area contributed by atoms with Crippen molar-refractivity contribution in [1.82, 2.24) is 19.9 Å². The molecule has 2 N–H and O–H groups in total. The number of anilines is 2. The molecule has 0 aliphatic carbocycles. The molecule has 0 fully saturated rings. The van der Waals surface area contributed by atoms with Crippen LogP contribution in [0.25, 0.3) is 11.2 Å². The van der Waals surface area contributed by atoms with Gasteiger partial charge in [0, 0.05) is 5.69 Å². The zero-order valence-electron chi connectivity index (χ0n) is 9.94. The summed E-state index contributed by atoms with van der Waals surface area (Å²) < 4.78 is 38.8. The van der Waals surface area contributed by atoms with Crippen LogP contribution in [0, 0.1) is 0 Å². The van der Waals surface area contributed by atoms with Gasteiger partial charge < -0.3 is 10.3 Å². The Morgan fingerprint density at radius 3 is 2.50 bits per heavy atom. The average Bonchev–Trinajstić information content (AvgIpc) is 2.86. The van der Waals surface area contributed by atoms with E-state index in [9.17, 15) is 13.2 Å². The first-order valence-electron chi connectivity index (χ1n) is 5.64. The van der Waals surface area contributed by atoms with Crippen molar-refractivity contribution in [3.8, 4) is 0 Å². The van der Waals surface area contributed by atoms with Gasteiger partial charge in [0.25, 0.3) is 0 Å². The van der Waals surface area contributed by atoms with Gasteiger partial charge in [-0.1, -0.05) is 18.2 Å². The predicted molar refractivity (Wildman–Crippen MR) is 66.4 cm³/mol. The van der Waals surface area contributed by atoms with E-state index in [2.05, 4.69) is 25.3 Å². The number of nitrogens with zero attached hydrogens (tertiary/aromatic N) is 3. The Labute approximate surface area is 110 Å². The lowest BCUT2D eigenvalue weighted by Crippen LogP contribution is -2.11. The van der Waals surface area contributed by atoms with Crippen molar-refractivity contribution < 1.29 is 13.2 Å². The Balaban J connectivity index is 2.08. The molecule has 0 aliphatic heterocycles. The van der Waals surface area contributed by atoms with Crippen molar-refractivity contribution in [2.75, 3.05) is 5.32 Å². The largest absolute Gasteiger partial charge is 0.435 e. The summed E-state index contributed by atoms with van der Waals surface area (Å²) in [5, 5.41) is 2.72. The monoisotopic (exact) mass is 279 g/mol. The molecule has 1 aromatic carbocycles. The lowest BCUT2D eigenvalue weighted by atomic mass is 10.3. The second-order valence-corrected chi connectivity index (χ2v) is 3.99. The summed E-state index contributed by atoms with van der Waals surface area (Å²) in [7, 11) is 0. The van der Waals surface area contributed by atoms with Crippen LogP contribution in [0.1, 0.15) is 5.69 Å². The number of imidazole rings is 1. The Morgan fingerprint density at radius 2 is 1.80 bits per heavy atom. The second-order valence-electron chi connectivity index (χ2n) is 3.99. The van der Waals surface area contributed by atoms with Crippen LogP contribution in [0.4, 0.5) is 24.8 Å². The van der Waals surface area contributed by atoms with Gasteiger partial charge in [0.1, 0.15) is 5.52 Å². The van der Waals surface area contributed by atoms with Crippen LogP contribution >= 0.6 is 0 Å². The molecule has 0 unspecified atom stereocenters. The van der Waals surface area contributed by atoms with Crippen LogP contribution in [0.15, 0.2) is 36.7 Å². The van der Waals surface area contributed by atoms with Crippen molar-refractivity contribution in [2.24, 2.45) is 0 Å². The van der Waals surface area contributed by atoms with Gasteiger partial charge in [0.15, 0.2) is 11.3 Å². The summed E-state index contributed by atoms with van der Waals surface area (Å²) in [6, 6.07) is 8.70. The molecule has 5 nitrogen and oxygen atoms in total. The van der Waals surface area contributed by atoms with Gasteiger partial charge in [-0.2, -0.15) is 18.2 Å². The molecule has 3 aromatic rings. The SMILES string of the molecule is FC(F)(F)c1nc(Nc2ccccc2)nc2nc[nH]c12. The summed E-state index contributed by atoms with van der Waals surface area (Å²) in [5.74, 6) is -0.150. The lowest BCUT2D eigenvalue weighted by Gasteiger charge is -2.09. The highest BCUT2D eigenvalue weighted by molar-refractivity contribution is 5.75. The fourth-order valence-corrected chi connectivity index (χ4v) is 1.74. The average molecular weight is 279 g/mol. The zero-order chi connectivity index (χ0) is 14.2. The maximum absolute atomic E-state index is 12.9. The highest BCUT2D eigenvalue weighted by Crippen LogP contribution is 2.32. The first kappa shape index (κ1) is 12.4. The number of H-pyrrole nitrogens is 1. The first-order valence-corrected chi connectivity index (χ1v) is 5.64. The third kappa shape index (κ3) is 2.27. The van der Waals surface area contributed by atoms with E-state index in [0.29, 0.717) is 5.69 Å². The van der Waals surface area contributed by atoms with Gasteiger partial charge in [-0.05, 0) is 12.1 Å². The minimum Gasteiger partial charge on any atom is -0.341 e. The Morgan fingerprint density at radius 1 is 1.05 bits per heavy atom. The third-order valence-corrected chi connectivity index (χ3v) is 2.58. The highest BCUT2D eigenvalue weighted by Gasteiger charge is 2.36. The molecule has 0 aliphatic rings. The number of aromatic amines is 1. The van der Waals surface area contributed by atoms with E-state index in [4.69, 9.17) is 0 Å². The molecule has 0 radical (unpaired) electrons. The van der Waals surface area contributed by atoms with Gasteiger partial charge in [-0.25, -0.2) is 9.97 Å². The molecule has 8 heteroatoms. The Bertz CT molecular complexity index is 736. The van der Waals surface area contributed by atoms with Crippen molar-refractivity contribution >= 4 is 22.8 Å². The van der Waals surface area contributed by atoms with E-state index >= 15 is 0 Å². The van der Waals surface area contributed by atoms with E-state index in [-0.39, 0.29) is 17.1 Å². The summed E-state index contributed by atoms with van der Waals surface area (Å²) >= 11 is 0.